The molecule has 1 aliphatic rings. The van der Waals surface area contributed by atoms with E-state index < -0.39 is 10.8 Å². The van der Waals surface area contributed by atoms with E-state index in [9.17, 15) is 4.21 Å². The summed E-state index contributed by atoms with van der Waals surface area (Å²) in [5.74, 6) is 2.31. The van der Waals surface area contributed by atoms with Crippen LogP contribution >= 0.6 is 0 Å². The SMILES string of the molecule is C[C@H]1CNCC[S@@](=O)C1. The highest BCUT2D eigenvalue weighted by Crippen LogP contribution is 1.99. The lowest BCUT2D eigenvalue weighted by Crippen LogP contribution is -2.20. The molecule has 0 amide bonds. The molecule has 1 heterocycles. The van der Waals surface area contributed by atoms with Gasteiger partial charge in [0.25, 0.3) is 0 Å². The van der Waals surface area contributed by atoms with Crippen LogP contribution in [-0.4, -0.2) is 28.8 Å². The smallest absolute Gasteiger partial charge is 0.0360 e. The van der Waals surface area contributed by atoms with Gasteiger partial charge in [0.2, 0.25) is 0 Å². The fourth-order valence-corrected chi connectivity index (χ4v) is 2.29. The van der Waals surface area contributed by atoms with E-state index in [-0.39, 0.29) is 0 Å². The van der Waals surface area contributed by atoms with Gasteiger partial charge in [0.15, 0.2) is 0 Å². The molecule has 54 valence electrons. The fraction of sp³-hybridized carbons (Fsp3) is 1.00. The molecule has 1 saturated heterocycles. The first-order chi connectivity index (χ1) is 4.29. The lowest BCUT2D eigenvalue weighted by molar-refractivity contribution is 0.584. The van der Waals surface area contributed by atoms with Crippen LogP contribution in [0.1, 0.15) is 6.92 Å². The van der Waals surface area contributed by atoms with Gasteiger partial charge in [-0.3, -0.25) is 4.21 Å². The maximum Gasteiger partial charge on any atom is 0.0360 e. The summed E-state index contributed by atoms with van der Waals surface area (Å²) < 4.78 is 11.0. The molecule has 0 bridgehead atoms. The highest BCUT2D eigenvalue weighted by Gasteiger charge is 2.10. The minimum absolute atomic E-state index is 0.550. The molecular formula is C6H13NOS. The number of nitrogens with one attached hydrogen (secondary N) is 1. The summed E-state index contributed by atoms with van der Waals surface area (Å²) >= 11 is 0. The van der Waals surface area contributed by atoms with E-state index in [4.69, 9.17) is 0 Å². The summed E-state index contributed by atoms with van der Waals surface area (Å²) in [5, 5.41) is 3.23. The first kappa shape index (κ1) is 7.22. The molecule has 0 radical (unpaired) electrons. The van der Waals surface area contributed by atoms with Gasteiger partial charge < -0.3 is 5.32 Å². The van der Waals surface area contributed by atoms with Crippen LogP contribution in [0.4, 0.5) is 0 Å². The molecule has 9 heavy (non-hydrogen) atoms. The van der Waals surface area contributed by atoms with E-state index in [0.717, 1.165) is 24.6 Å². The second-order valence-corrected chi connectivity index (χ2v) is 4.24. The summed E-state index contributed by atoms with van der Waals surface area (Å²) in [6.07, 6.45) is 0. The van der Waals surface area contributed by atoms with E-state index in [1.165, 1.54) is 0 Å². The van der Waals surface area contributed by atoms with Crippen LogP contribution in [0.3, 0.4) is 0 Å². The van der Waals surface area contributed by atoms with Crippen molar-refractivity contribution in [3.8, 4) is 0 Å². The second-order valence-electron chi connectivity index (χ2n) is 2.62. The van der Waals surface area contributed by atoms with Gasteiger partial charge in [0.1, 0.15) is 0 Å². The number of hydrogen-bond donors (Lipinski definition) is 1. The molecule has 0 unspecified atom stereocenters. The normalized spacial score (nSPS) is 37.9. The molecular weight excluding hydrogens is 134 g/mol. The highest BCUT2D eigenvalue weighted by molar-refractivity contribution is 7.85. The molecule has 1 rings (SSSR count). The van der Waals surface area contributed by atoms with Crippen LogP contribution in [0, 0.1) is 5.92 Å². The van der Waals surface area contributed by atoms with Crippen molar-refractivity contribution < 1.29 is 4.21 Å². The van der Waals surface area contributed by atoms with Gasteiger partial charge in [-0.2, -0.15) is 0 Å². The number of hydrogen-bond acceptors (Lipinski definition) is 2. The number of rotatable bonds is 0. The Labute approximate surface area is 58.5 Å². The van der Waals surface area contributed by atoms with E-state index in [0.29, 0.717) is 5.92 Å². The first-order valence-electron chi connectivity index (χ1n) is 3.34. The van der Waals surface area contributed by atoms with Gasteiger partial charge in [-0.05, 0) is 12.5 Å². The van der Waals surface area contributed by atoms with Gasteiger partial charge in [-0.15, -0.1) is 0 Å². The monoisotopic (exact) mass is 147 g/mol. The van der Waals surface area contributed by atoms with Crippen LogP contribution in [0.2, 0.25) is 0 Å². The molecule has 3 heteroatoms. The molecule has 0 aliphatic carbocycles. The minimum Gasteiger partial charge on any atom is -0.316 e. The van der Waals surface area contributed by atoms with Crippen molar-refractivity contribution in [1.82, 2.24) is 5.32 Å². The van der Waals surface area contributed by atoms with Crippen molar-refractivity contribution in [2.45, 2.75) is 6.92 Å². The molecule has 0 aromatic heterocycles. The summed E-state index contributed by atoms with van der Waals surface area (Å²) in [6, 6.07) is 0. The fourth-order valence-electron chi connectivity index (χ4n) is 0.994. The van der Waals surface area contributed by atoms with Gasteiger partial charge in [0, 0.05) is 28.9 Å². The lowest BCUT2D eigenvalue weighted by Gasteiger charge is -2.03. The highest BCUT2D eigenvalue weighted by atomic mass is 32.2. The Bertz CT molecular complexity index is 116. The third-order valence-corrected chi connectivity index (χ3v) is 3.07. The van der Waals surface area contributed by atoms with Crippen molar-refractivity contribution in [2.24, 2.45) is 5.92 Å². The Kier molecular flexibility index (Phi) is 2.66. The maximum absolute atomic E-state index is 11.0. The van der Waals surface area contributed by atoms with Crippen LogP contribution in [0.15, 0.2) is 0 Å². The minimum atomic E-state index is -0.550. The van der Waals surface area contributed by atoms with E-state index >= 15 is 0 Å². The molecule has 2 atom stereocenters. The Morgan fingerprint density at radius 2 is 2.44 bits per heavy atom. The quantitative estimate of drug-likeness (QED) is 0.521. The molecule has 0 aromatic rings. The third-order valence-electron chi connectivity index (χ3n) is 1.47. The van der Waals surface area contributed by atoms with Gasteiger partial charge in [-0.1, -0.05) is 6.92 Å². The summed E-state index contributed by atoms with van der Waals surface area (Å²) in [4.78, 5) is 0. The van der Waals surface area contributed by atoms with Crippen molar-refractivity contribution in [3.63, 3.8) is 0 Å². The summed E-state index contributed by atoms with van der Waals surface area (Å²) in [5.41, 5.74) is 0. The average molecular weight is 147 g/mol. The van der Waals surface area contributed by atoms with Crippen molar-refractivity contribution in [3.05, 3.63) is 0 Å². The molecule has 1 N–H and O–H groups in total. The van der Waals surface area contributed by atoms with Crippen molar-refractivity contribution >= 4 is 10.8 Å². The first-order valence-corrected chi connectivity index (χ1v) is 4.83. The summed E-state index contributed by atoms with van der Waals surface area (Å²) in [6.45, 7) is 4.10. The average Bonchev–Trinajstić information content (AvgIpc) is 1.93. The molecule has 1 aliphatic heterocycles. The van der Waals surface area contributed by atoms with Crippen molar-refractivity contribution in [2.75, 3.05) is 24.6 Å². The lowest BCUT2D eigenvalue weighted by atomic mass is 10.2. The Morgan fingerprint density at radius 1 is 1.67 bits per heavy atom. The van der Waals surface area contributed by atoms with Crippen LogP contribution < -0.4 is 5.32 Å². The molecule has 0 aromatic carbocycles. The van der Waals surface area contributed by atoms with E-state index in [2.05, 4.69) is 12.2 Å². The third kappa shape index (κ3) is 2.45. The topological polar surface area (TPSA) is 29.1 Å². The van der Waals surface area contributed by atoms with Crippen LogP contribution in [-0.2, 0) is 10.8 Å². The van der Waals surface area contributed by atoms with Gasteiger partial charge in [0.05, 0.1) is 0 Å². The Hall–Kier alpha value is 0.110. The van der Waals surface area contributed by atoms with Gasteiger partial charge >= 0.3 is 0 Å². The predicted octanol–water partition coefficient (Wildman–Crippen LogP) is -0.0256. The zero-order valence-corrected chi connectivity index (χ0v) is 6.54. The predicted molar refractivity (Wildman–Crippen MR) is 39.9 cm³/mol. The molecule has 0 spiro atoms. The molecule has 2 nitrogen and oxygen atoms in total. The van der Waals surface area contributed by atoms with Crippen LogP contribution in [0.25, 0.3) is 0 Å². The Morgan fingerprint density at radius 3 is 3.22 bits per heavy atom. The maximum atomic E-state index is 11.0. The standard InChI is InChI=1S/C6H13NOS/c1-6-4-7-2-3-9(8)5-6/h6-7H,2-5H2,1H3/t6-,9+/m0/s1. The molecule has 0 saturated carbocycles. The van der Waals surface area contributed by atoms with Gasteiger partial charge in [-0.25, -0.2) is 0 Å². The van der Waals surface area contributed by atoms with E-state index in [1.807, 2.05) is 0 Å². The molecule has 1 fully saturated rings. The van der Waals surface area contributed by atoms with E-state index in [1.54, 1.807) is 0 Å². The van der Waals surface area contributed by atoms with Crippen LogP contribution in [0.5, 0.6) is 0 Å². The largest absolute Gasteiger partial charge is 0.316 e. The second kappa shape index (κ2) is 3.32. The summed E-state index contributed by atoms with van der Waals surface area (Å²) in [7, 11) is -0.550. The zero-order valence-electron chi connectivity index (χ0n) is 5.72. The van der Waals surface area contributed by atoms with Crippen molar-refractivity contribution in [1.29, 1.82) is 0 Å². The zero-order chi connectivity index (χ0) is 6.69. The Balaban J connectivity index is 2.37.